The first kappa shape index (κ1) is 17.7. The number of allylic oxidation sites excluding steroid dienone is 4. The highest BCUT2D eigenvalue weighted by molar-refractivity contribution is 6.31. The minimum absolute atomic E-state index is 0.195. The monoisotopic (exact) mass is 308 g/mol. The predicted molar refractivity (Wildman–Crippen MR) is 88.0 cm³/mol. The molecule has 1 aromatic rings. The standard InChI is InChI=1S/C18H22ClFO/c1-3-17(19)9-6-15(2)12-14-21-13-4-5-16-7-10-18(20)11-8-16/h3,6-11H,2,4-5,12-14H2,1H3. The van der Waals surface area contributed by atoms with E-state index in [1.807, 2.05) is 37.3 Å². The van der Waals surface area contributed by atoms with Gasteiger partial charge in [0.15, 0.2) is 0 Å². The molecule has 0 bridgehead atoms. The van der Waals surface area contributed by atoms with Gasteiger partial charge in [-0.25, -0.2) is 4.39 Å². The summed E-state index contributed by atoms with van der Waals surface area (Å²) >= 11 is 5.86. The molecule has 0 heterocycles. The summed E-state index contributed by atoms with van der Waals surface area (Å²) < 4.78 is 18.3. The highest BCUT2D eigenvalue weighted by Crippen LogP contribution is 2.08. The molecular weight excluding hydrogens is 287 g/mol. The van der Waals surface area contributed by atoms with Crippen molar-refractivity contribution < 1.29 is 9.13 Å². The quantitative estimate of drug-likeness (QED) is 0.437. The van der Waals surface area contributed by atoms with E-state index in [9.17, 15) is 4.39 Å². The fraction of sp³-hybridized carbons (Fsp3) is 0.333. The molecule has 114 valence electrons. The summed E-state index contributed by atoms with van der Waals surface area (Å²) in [6.07, 6.45) is 8.19. The summed E-state index contributed by atoms with van der Waals surface area (Å²) in [6, 6.07) is 6.60. The molecule has 0 amide bonds. The van der Waals surface area contributed by atoms with E-state index in [0.29, 0.717) is 18.2 Å². The Bertz CT molecular complexity index is 488. The third-order valence-electron chi connectivity index (χ3n) is 2.99. The molecular formula is C18H22ClFO. The zero-order chi connectivity index (χ0) is 15.5. The number of aryl methyl sites for hydroxylation is 1. The van der Waals surface area contributed by atoms with Crippen molar-refractivity contribution in [3.8, 4) is 0 Å². The van der Waals surface area contributed by atoms with Gasteiger partial charge in [-0.15, -0.1) is 0 Å². The molecule has 0 aliphatic rings. The first-order valence-electron chi connectivity index (χ1n) is 7.11. The summed E-state index contributed by atoms with van der Waals surface area (Å²) in [5, 5.41) is 0.705. The maximum Gasteiger partial charge on any atom is 0.123 e. The minimum atomic E-state index is -0.195. The number of rotatable bonds is 9. The van der Waals surface area contributed by atoms with Crippen LogP contribution in [0, 0.1) is 5.82 Å². The zero-order valence-electron chi connectivity index (χ0n) is 12.4. The minimum Gasteiger partial charge on any atom is -0.381 e. The van der Waals surface area contributed by atoms with Crippen molar-refractivity contribution in [2.45, 2.75) is 26.2 Å². The molecule has 0 radical (unpaired) electrons. The summed E-state index contributed by atoms with van der Waals surface area (Å²) in [6.45, 7) is 7.19. The van der Waals surface area contributed by atoms with Gasteiger partial charge in [-0.1, -0.05) is 48.0 Å². The predicted octanol–water partition coefficient (Wildman–Crippen LogP) is 5.42. The van der Waals surface area contributed by atoms with Crippen molar-refractivity contribution in [1.82, 2.24) is 0 Å². The first-order chi connectivity index (χ1) is 10.1. The Morgan fingerprint density at radius 1 is 1.24 bits per heavy atom. The van der Waals surface area contributed by atoms with E-state index in [-0.39, 0.29) is 5.82 Å². The Kier molecular flexibility index (Phi) is 8.72. The van der Waals surface area contributed by atoms with E-state index in [1.165, 1.54) is 12.1 Å². The molecule has 1 aromatic carbocycles. The number of hydrogen-bond acceptors (Lipinski definition) is 1. The normalized spacial score (nSPS) is 12.0. The van der Waals surface area contributed by atoms with Gasteiger partial charge in [0.2, 0.25) is 0 Å². The summed E-state index contributed by atoms with van der Waals surface area (Å²) in [7, 11) is 0. The van der Waals surface area contributed by atoms with Crippen molar-refractivity contribution in [2.24, 2.45) is 0 Å². The second-order valence-electron chi connectivity index (χ2n) is 4.76. The van der Waals surface area contributed by atoms with E-state index in [4.69, 9.17) is 16.3 Å². The van der Waals surface area contributed by atoms with Gasteiger partial charge in [0.1, 0.15) is 5.82 Å². The first-order valence-corrected chi connectivity index (χ1v) is 7.49. The molecule has 1 rings (SSSR count). The van der Waals surface area contributed by atoms with Crippen LogP contribution in [0.5, 0.6) is 0 Å². The van der Waals surface area contributed by atoms with Crippen LogP contribution in [0.1, 0.15) is 25.3 Å². The van der Waals surface area contributed by atoms with Crippen molar-refractivity contribution >= 4 is 11.6 Å². The van der Waals surface area contributed by atoms with Gasteiger partial charge < -0.3 is 4.74 Å². The van der Waals surface area contributed by atoms with Crippen LogP contribution in [-0.4, -0.2) is 13.2 Å². The van der Waals surface area contributed by atoms with Gasteiger partial charge in [-0.3, -0.25) is 0 Å². The molecule has 0 saturated heterocycles. The smallest absolute Gasteiger partial charge is 0.123 e. The highest BCUT2D eigenvalue weighted by Gasteiger charge is 1.96. The number of halogens is 2. The Balaban J connectivity index is 2.08. The molecule has 3 heteroatoms. The average molecular weight is 309 g/mol. The fourth-order valence-electron chi connectivity index (χ4n) is 1.71. The van der Waals surface area contributed by atoms with Crippen LogP contribution < -0.4 is 0 Å². The maximum absolute atomic E-state index is 12.7. The van der Waals surface area contributed by atoms with Gasteiger partial charge in [-0.05, 0) is 50.0 Å². The van der Waals surface area contributed by atoms with Crippen molar-refractivity contribution in [3.05, 3.63) is 71.1 Å². The van der Waals surface area contributed by atoms with E-state index >= 15 is 0 Å². The van der Waals surface area contributed by atoms with Crippen LogP contribution in [0.4, 0.5) is 4.39 Å². The van der Waals surface area contributed by atoms with Crippen molar-refractivity contribution in [1.29, 1.82) is 0 Å². The molecule has 0 atom stereocenters. The summed E-state index contributed by atoms with van der Waals surface area (Å²) in [5.41, 5.74) is 2.13. The number of ether oxygens (including phenoxy) is 1. The molecule has 0 aliphatic carbocycles. The maximum atomic E-state index is 12.7. The molecule has 0 aromatic heterocycles. The van der Waals surface area contributed by atoms with E-state index in [0.717, 1.165) is 30.4 Å². The Morgan fingerprint density at radius 3 is 2.62 bits per heavy atom. The lowest BCUT2D eigenvalue weighted by atomic mass is 10.1. The molecule has 0 saturated carbocycles. The Labute approximate surface area is 131 Å². The third kappa shape index (κ3) is 8.49. The highest BCUT2D eigenvalue weighted by atomic mass is 35.5. The number of hydrogen-bond donors (Lipinski definition) is 0. The Morgan fingerprint density at radius 2 is 1.95 bits per heavy atom. The third-order valence-corrected chi connectivity index (χ3v) is 3.33. The molecule has 1 nitrogen and oxygen atoms in total. The van der Waals surface area contributed by atoms with Gasteiger partial charge in [-0.2, -0.15) is 0 Å². The summed E-state index contributed by atoms with van der Waals surface area (Å²) in [4.78, 5) is 0. The van der Waals surface area contributed by atoms with Gasteiger partial charge in [0.25, 0.3) is 0 Å². The number of benzene rings is 1. The van der Waals surface area contributed by atoms with Crippen LogP contribution in [0.15, 0.2) is 59.7 Å². The zero-order valence-corrected chi connectivity index (χ0v) is 13.2. The van der Waals surface area contributed by atoms with E-state index in [2.05, 4.69) is 6.58 Å². The van der Waals surface area contributed by atoms with Crippen LogP contribution in [-0.2, 0) is 11.2 Å². The lowest BCUT2D eigenvalue weighted by molar-refractivity contribution is 0.135. The average Bonchev–Trinajstić information content (AvgIpc) is 2.50. The molecule has 0 unspecified atom stereocenters. The SMILES string of the molecule is C=C(C=CC(Cl)=CC)CCOCCCc1ccc(F)cc1. The lowest BCUT2D eigenvalue weighted by Crippen LogP contribution is -1.99. The molecule has 21 heavy (non-hydrogen) atoms. The van der Waals surface area contributed by atoms with Crippen LogP contribution in [0.2, 0.25) is 0 Å². The topological polar surface area (TPSA) is 9.23 Å². The Hall–Kier alpha value is -1.38. The molecule has 0 N–H and O–H groups in total. The van der Waals surface area contributed by atoms with Crippen molar-refractivity contribution in [3.63, 3.8) is 0 Å². The van der Waals surface area contributed by atoms with Crippen LogP contribution in [0.25, 0.3) is 0 Å². The van der Waals surface area contributed by atoms with Crippen LogP contribution >= 0.6 is 11.6 Å². The van der Waals surface area contributed by atoms with E-state index < -0.39 is 0 Å². The van der Waals surface area contributed by atoms with Crippen LogP contribution in [0.3, 0.4) is 0 Å². The van der Waals surface area contributed by atoms with Gasteiger partial charge >= 0.3 is 0 Å². The largest absolute Gasteiger partial charge is 0.381 e. The van der Waals surface area contributed by atoms with Gasteiger partial charge in [0.05, 0.1) is 6.61 Å². The molecule has 0 spiro atoms. The fourth-order valence-corrected chi connectivity index (χ4v) is 1.77. The van der Waals surface area contributed by atoms with Crippen molar-refractivity contribution in [2.75, 3.05) is 13.2 Å². The lowest BCUT2D eigenvalue weighted by Gasteiger charge is -2.05. The molecule has 0 fully saturated rings. The summed E-state index contributed by atoms with van der Waals surface area (Å²) in [5.74, 6) is -0.195. The van der Waals surface area contributed by atoms with E-state index in [1.54, 1.807) is 0 Å². The van der Waals surface area contributed by atoms with Gasteiger partial charge in [0, 0.05) is 11.6 Å². The second-order valence-corrected chi connectivity index (χ2v) is 5.19. The second kappa shape index (κ2) is 10.4. The molecule has 0 aliphatic heterocycles.